The highest BCUT2D eigenvalue weighted by molar-refractivity contribution is 5.83. The number of hydrogen-bond donors (Lipinski definition) is 1. The minimum atomic E-state index is -0.357. The van der Waals surface area contributed by atoms with Gasteiger partial charge in [0.15, 0.2) is 5.82 Å². The second-order valence-electron chi connectivity index (χ2n) is 11.3. The van der Waals surface area contributed by atoms with Crippen molar-refractivity contribution in [1.82, 2.24) is 30.1 Å². The van der Waals surface area contributed by atoms with Crippen LogP contribution in [0.4, 0.5) is 5.69 Å². The van der Waals surface area contributed by atoms with Crippen LogP contribution in [0.2, 0.25) is 0 Å². The van der Waals surface area contributed by atoms with Gasteiger partial charge in [0.05, 0.1) is 11.1 Å². The summed E-state index contributed by atoms with van der Waals surface area (Å²) in [6.45, 7) is 18.0. The normalized spacial score (nSPS) is 15.9. The molecule has 1 atom stereocenters. The highest BCUT2D eigenvalue weighted by Gasteiger charge is 2.35. The van der Waals surface area contributed by atoms with E-state index in [0.717, 1.165) is 48.2 Å². The first-order chi connectivity index (χ1) is 17.6. The van der Waals surface area contributed by atoms with Gasteiger partial charge in [-0.2, -0.15) is 0 Å². The molecule has 2 aromatic carbocycles. The van der Waals surface area contributed by atoms with Gasteiger partial charge in [-0.1, -0.05) is 24.3 Å². The molecule has 0 radical (unpaired) electrons. The summed E-state index contributed by atoms with van der Waals surface area (Å²) < 4.78 is 1.86. The van der Waals surface area contributed by atoms with Crippen molar-refractivity contribution >= 4 is 16.6 Å². The van der Waals surface area contributed by atoms with Gasteiger partial charge in [-0.25, -0.2) is 4.68 Å². The van der Waals surface area contributed by atoms with Gasteiger partial charge in [0, 0.05) is 37.4 Å². The molecule has 1 fully saturated rings. The summed E-state index contributed by atoms with van der Waals surface area (Å²) in [5.74, 6) is 0.696. The number of nitrogens with one attached hydrogen (secondary N) is 1. The Bertz CT molecular complexity index is 1500. The Morgan fingerprint density at radius 2 is 1.62 bits per heavy atom. The van der Waals surface area contributed by atoms with Crippen molar-refractivity contribution < 1.29 is 0 Å². The second-order valence-corrected chi connectivity index (χ2v) is 11.3. The van der Waals surface area contributed by atoms with Gasteiger partial charge >= 0.3 is 0 Å². The third-order valence-electron chi connectivity index (χ3n) is 7.84. The third kappa shape index (κ3) is 4.55. The van der Waals surface area contributed by atoms with E-state index in [0.29, 0.717) is 11.4 Å². The van der Waals surface area contributed by atoms with Crippen LogP contribution < -0.4 is 10.5 Å². The Morgan fingerprint density at radius 1 is 0.919 bits per heavy atom. The van der Waals surface area contributed by atoms with Crippen LogP contribution in [0.3, 0.4) is 0 Å². The van der Waals surface area contributed by atoms with Gasteiger partial charge in [0.2, 0.25) is 0 Å². The van der Waals surface area contributed by atoms with Gasteiger partial charge in [0.25, 0.3) is 5.56 Å². The van der Waals surface area contributed by atoms with E-state index in [-0.39, 0.29) is 17.1 Å². The molecule has 0 amide bonds. The number of H-pyrrole nitrogens is 1. The number of hydrogen-bond acceptors (Lipinski definition) is 6. The van der Waals surface area contributed by atoms with Gasteiger partial charge in [0.1, 0.15) is 6.04 Å². The van der Waals surface area contributed by atoms with Crippen LogP contribution in [0.15, 0.2) is 41.2 Å². The number of anilines is 1. The van der Waals surface area contributed by atoms with Crippen LogP contribution in [-0.4, -0.2) is 56.3 Å². The van der Waals surface area contributed by atoms with Crippen LogP contribution >= 0.6 is 0 Å². The first-order valence-corrected chi connectivity index (χ1v) is 13.0. The number of piperazine rings is 1. The average Bonchev–Trinajstić information content (AvgIpc) is 3.35. The Labute approximate surface area is 218 Å². The highest BCUT2D eigenvalue weighted by Crippen LogP contribution is 2.32. The molecule has 0 spiro atoms. The number of aromatic amines is 1. The predicted octanol–water partition coefficient (Wildman–Crippen LogP) is 4.41. The number of nitrogens with zero attached hydrogens (tertiary/aromatic N) is 6. The van der Waals surface area contributed by atoms with Gasteiger partial charge in [-0.15, -0.1) is 5.10 Å². The molecule has 0 bridgehead atoms. The number of aryl methyl sites for hydroxylation is 3. The molecule has 1 N–H and O–H groups in total. The van der Waals surface area contributed by atoms with Crippen LogP contribution in [0, 0.1) is 27.7 Å². The van der Waals surface area contributed by atoms with Gasteiger partial charge in [-0.05, 0) is 98.7 Å². The standard InChI is InChI=1S/C29H37N7O/c1-18-9-8-10-24(20(18)3)34-13-15-35(16-14-34)26(27-31-32-33-36(27)29(5,6)7)23-17-22-12-11-19(2)21(4)25(22)30-28(23)37/h8-12,17,26H,13-16H2,1-7H3,(H,30,37)/t26-/m0/s1. The van der Waals surface area contributed by atoms with E-state index in [9.17, 15) is 4.79 Å². The minimum Gasteiger partial charge on any atom is -0.369 e. The molecule has 37 heavy (non-hydrogen) atoms. The third-order valence-corrected chi connectivity index (χ3v) is 7.84. The van der Waals surface area contributed by atoms with E-state index in [1.54, 1.807) is 0 Å². The Balaban J connectivity index is 1.57. The summed E-state index contributed by atoms with van der Waals surface area (Å²) in [7, 11) is 0. The fourth-order valence-corrected chi connectivity index (χ4v) is 5.39. The summed E-state index contributed by atoms with van der Waals surface area (Å²) in [4.78, 5) is 21.6. The molecule has 1 aliphatic rings. The van der Waals surface area contributed by atoms with Crippen molar-refractivity contribution in [3.8, 4) is 0 Å². The lowest BCUT2D eigenvalue weighted by molar-refractivity contribution is 0.190. The average molecular weight is 500 g/mol. The van der Waals surface area contributed by atoms with Crippen LogP contribution in [0.25, 0.3) is 10.9 Å². The van der Waals surface area contributed by atoms with Crippen molar-refractivity contribution in [2.75, 3.05) is 31.1 Å². The second kappa shape index (κ2) is 9.41. The Hall–Kier alpha value is -3.52. The van der Waals surface area contributed by atoms with Crippen molar-refractivity contribution in [3.05, 3.63) is 80.4 Å². The van der Waals surface area contributed by atoms with Gasteiger partial charge in [-0.3, -0.25) is 9.69 Å². The lowest BCUT2D eigenvalue weighted by Gasteiger charge is -2.40. The molecule has 0 saturated carbocycles. The lowest BCUT2D eigenvalue weighted by atomic mass is 9.99. The summed E-state index contributed by atoms with van der Waals surface area (Å²) in [6, 6.07) is 12.4. The molecule has 0 aliphatic carbocycles. The first kappa shape index (κ1) is 25.1. The fourth-order valence-electron chi connectivity index (χ4n) is 5.39. The molecule has 8 heteroatoms. The molecule has 5 rings (SSSR count). The van der Waals surface area contributed by atoms with E-state index in [4.69, 9.17) is 0 Å². The molecule has 2 aromatic heterocycles. The molecular weight excluding hydrogens is 462 g/mol. The zero-order chi connectivity index (χ0) is 26.5. The van der Waals surface area contributed by atoms with Crippen molar-refractivity contribution in [2.45, 2.75) is 60.0 Å². The SMILES string of the molecule is Cc1cccc(N2CCN([C@@H](c3cc4ccc(C)c(C)c4[nH]c3=O)c3nnnn3C(C)(C)C)CC2)c1C. The molecule has 194 valence electrons. The van der Waals surface area contributed by atoms with E-state index >= 15 is 0 Å². The Kier molecular flexibility index (Phi) is 6.40. The van der Waals surface area contributed by atoms with E-state index in [1.165, 1.54) is 16.8 Å². The maximum absolute atomic E-state index is 13.6. The number of aromatic nitrogens is 5. The number of pyridine rings is 1. The van der Waals surface area contributed by atoms with Crippen molar-refractivity contribution in [1.29, 1.82) is 0 Å². The number of rotatable bonds is 4. The smallest absolute Gasteiger partial charge is 0.253 e. The summed E-state index contributed by atoms with van der Waals surface area (Å²) >= 11 is 0. The maximum atomic E-state index is 13.6. The molecule has 0 unspecified atom stereocenters. The molecular formula is C29H37N7O. The van der Waals surface area contributed by atoms with E-state index in [2.05, 4.69) is 109 Å². The van der Waals surface area contributed by atoms with Crippen LogP contribution in [-0.2, 0) is 5.54 Å². The van der Waals surface area contributed by atoms with Crippen LogP contribution in [0.5, 0.6) is 0 Å². The predicted molar refractivity (Wildman–Crippen MR) is 148 cm³/mol. The van der Waals surface area contributed by atoms with Gasteiger partial charge < -0.3 is 9.88 Å². The molecule has 8 nitrogen and oxygen atoms in total. The summed E-state index contributed by atoms with van der Waals surface area (Å²) in [5, 5.41) is 13.9. The van der Waals surface area contributed by atoms with Crippen molar-refractivity contribution in [3.63, 3.8) is 0 Å². The zero-order valence-electron chi connectivity index (χ0n) is 23.0. The maximum Gasteiger partial charge on any atom is 0.253 e. The molecule has 1 saturated heterocycles. The molecule has 4 aromatic rings. The fraction of sp³-hybridized carbons (Fsp3) is 0.448. The summed E-state index contributed by atoms with van der Waals surface area (Å²) in [6.07, 6.45) is 0. The first-order valence-electron chi connectivity index (χ1n) is 13.0. The topological polar surface area (TPSA) is 82.9 Å². The number of fused-ring (bicyclic) bond motifs is 1. The minimum absolute atomic E-state index is 0.0911. The number of benzene rings is 2. The molecule has 3 heterocycles. The van der Waals surface area contributed by atoms with E-state index in [1.807, 2.05) is 10.7 Å². The van der Waals surface area contributed by atoms with E-state index < -0.39 is 0 Å². The lowest BCUT2D eigenvalue weighted by Crippen LogP contribution is -2.49. The zero-order valence-corrected chi connectivity index (χ0v) is 23.0. The molecule has 1 aliphatic heterocycles. The quantitative estimate of drug-likeness (QED) is 0.448. The highest BCUT2D eigenvalue weighted by atomic mass is 16.1. The number of tetrazole rings is 1. The monoisotopic (exact) mass is 499 g/mol. The van der Waals surface area contributed by atoms with Crippen molar-refractivity contribution in [2.24, 2.45) is 0 Å². The Morgan fingerprint density at radius 3 is 2.32 bits per heavy atom. The van der Waals surface area contributed by atoms with Crippen LogP contribution in [0.1, 0.15) is 60.5 Å². The largest absolute Gasteiger partial charge is 0.369 e. The summed E-state index contributed by atoms with van der Waals surface area (Å²) in [5.41, 5.74) is 7.31.